The van der Waals surface area contributed by atoms with E-state index in [-0.39, 0.29) is 51.2 Å². The van der Waals surface area contributed by atoms with Crippen LogP contribution in [0.25, 0.3) is 79.3 Å². The van der Waals surface area contributed by atoms with Crippen molar-refractivity contribution < 1.29 is 58.9 Å². The highest BCUT2D eigenvalue weighted by Crippen LogP contribution is 2.38. The lowest BCUT2D eigenvalue weighted by atomic mass is 10.2. The number of ether oxygens (including phenoxy) is 8. The predicted molar refractivity (Wildman–Crippen MR) is 575 cm³/mol. The first-order chi connectivity index (χ1) is 70.6. The maximum absolute atomic E-state index is 13.2. The van der Waals surface area contributed by atoms with Crippen LogP contribution >= 0.6 is 0 Å². The van der Waals surface area contributed by atoms with E-state index in [0.29, 0.717) is 164 Å². The molecule has 147 heavy (non-hydrogen) atoms. The van der Waals surface area contributed by atoms with E-state index in [1.807, 2.05) is 198 Å². The number of morpholine rings is 5. The Labute approximate surface area is 857 Å². The molecule has 0 bridgehead atoms. The van der Waals surface area contributed by atoms with Gasteiger partial charge < -0.3 is 62.4 Å². The summed E-state index contributed by atoms with van der Waals surface area (Å²) in [6.45, 7) is 31.1. The molecule has 1 unspecified atom stereocenters. The van der Waals surface area contributed by atoms with E-state index in [0.717, 1.165) is 148 Å². The summed E-state index contributed by atoms with van der Waals surface area (Å²) in [6.07, 6.45) is 11.9. The monoisotopic (exact) mass is 2100 g/mol. The smallest absolute Gasteiger partial charge is 0.239 e. The minimum absolute atomic E-state index is 0.0764. The van der Waals surface area contributed by atoms with Gasteiger partial charge >= 0.3 is 0 Å². The maximum atomic E-state index is 13.2. The van der Waals surface area contributed by atoms with Crippen LogP contribution in [0.2, 0.25) is 0 Å². The first-order valence-electron chi connectivity index (χ1n) is 49.4. The van der Waals surface area contributed by atoms with Crippen molar-refractivity contribution in [3.63, 3.8) is 0 Å². The van der Waals surface area contributed by atoms with Crippen LogP contribution in [0.1, 0.15) is 70.8 Å². The first kappa shape index (κ1) is 103. The van der Waals surface area contributed by atoms with Gasteiger partial charge in [0.1, 0.15) is 52.4 Å². The lowest BCUT2D eigenvalue weighted by molar-refractivity contribution is 0.0430. The summed E-state index contributed by atoms with van der Waals surface area (Å²) in [6, 6.07) is 51.4. The molecule has 8 aliphatic heterocycles. The van der Waals surface area contributed by atoms with Crippen molar-refractivity contribution in [2.24, 2.45) is 21.8 Å². The number of rotatable bonds is 19. The average Bonchev–Trinajstić information content (AvgIpc) is 1.65. The summed E-state index contributed by atoms with van der Waals surface area (Å²) in [7, 11) is -12.1. The fourth-order valence-electron chi connectivity index (χ4n) is 18.3. The molecule has 1 aliphatic carbocycles. The van der Waals surface area contributed by atoms with Crippen LogP contribution in [0.15, 0.2) is 180 Å². The quantitative estimate of drug-likeness (QED) is 0.0725. The molecule has 14 aromatic rings. The Bertz CT molecular complexity index is 7440. The van der Waals surface area contributed by atoms with Crippen molar-refractivity contribution in [1.82, 2.24) is 88.0 Å². The third kappa shape index (κ3) is 23.8. The van der Waals surface area contributed by atoms with E-state index in [9.17, 15) is 21.0 Å². The molecule has 0 amide bonds. The highest BCUT2D eigenvalue weighted by Gasteiger charge is 2.36. The molecular formula is C101H126N28O13S5. The third-order valence-electron chi connectivity index (χ3n) is 26.7. The molecule has 5 aromatic carbocycles. The van der Waals surface area contributed by atoms with Gasteiger partial charge in [0.2, 0.25) is 23.8 Å². The number of aryl methyl sites for hydroxylation is 4. The van der Waals surface area contributed by atoms with Crippen molar-refractivity contribution >= 4 is 151 Å². The SMILES string of the molecule is C[C@@H]1COCCN1c1cc(N=S(C)(C)=O)nc(-c2ccccc2)n1.Cc1nc2ccccc2n1-c1nc(N=S(C)(=O)C2COC2)cc(N2CCOC[C@H]2C)n1.Cc1nc2ccccc2n1-c1nc(N=[S@@](C)(=O)C2COC2)cc(N2CCOC[C@H]2C)n1.Cc1nc2ccccc2n1-c1nc(N=[S@](C)(=O)C2CC2)cc(N2CCOC[C@H]2C)n1.Cc1nc2ccccc2n1-c1nc(N=[S@](C)(=O)C2COC2)cc(N2CCOC[C@H]2C)n1. The molecule has 0 N–H and O–H groups in total. The molecule has 23 rings (SSSR count). The zero-order valence-corrected chi connectivity index (χ0v) is 89.4. The molecule has 17 heterocycles. The molecule has 778 valence electrons. The van der Waals surface area contributed by atoms with Gasteiger partial charge in [0.15, 0.2) is 34.9 Å². The van der Waals surface area contributed by atoms with Crippen LogP contribution in [0.3, 0.4) is 0 Å². The minimum atomic E-state index is -2.48. The zero-order valence-electron chi connectivity index (χ0n) is 85.3. The Morgan fingerprint density at radius 3 is 0.741 bits per heavy atom. The molecule has 46 heteroatoms. The van der Waals surface area contributed by atoms with Crippen molar-refractivity contribution in [3.8, 4) is 35.2 Å². The van der Waals surface area contributed by atoms with E-state index >= 15 is 0 Å². The summed E-state index contributed by atoms with van der Waals surface area (Å²) in [5.41, 5.74) is 8.12. The van der Waals surface area contributed by atoms with Gasteiger partial charge in [-0.3, -0.25) is 18.3 Å². The Hall–Kier alpha value is -12.2. The Morgan fingerprint density at radius 1 is 0.265 bits per heavy atom. The van der Waals surface area contributed by atoms with E-state index in [1.165, 1.54) is 0 Å². The number of hydrogen-bond donors (Lipinski definition) is 0. The van der Waals surface area contributed by atoms with Crippen LogP contribution < -0.4 is 24.5 Å². The van der Waals surface area contributed by atoms with Crippen LogP contribution in [0.4, 0.5) is 58.2 Å². The summed E-state index contributed by atoms with van der Waals surface area (Å²) in [5.74, 6) is 11.6. The first-order valence-corrected chi connectivity index (χ1v) is 59.6. The average molecular weight is 2100 g/mol. The lowest BCUT2D eigenvalue weighted by Crippen LogP contribution is -2.44. The van der Waals surface area contributed by atoms with Gasteiger partial charge in [0, 0.05) is 121 Å². The van der Waals surface area contributed by atoms with Crippen molar-refractivity contribution in [3.05, 3.63) is 181 Å². The number of anilines is 5. The lowest BCUT2D eigenvalue weighted by Gasteiger charge is -2.34. The van der Waals surface area contributed by atoms with Gasteiger partial charge in [-0.1, -0.05) is 78.9 Å². The molecule has 9 aromatic heterocycles. The topological polar surface area (TPSA) is 437 Å². The zero-order chi connectivity index (χ0) is 103. The fourth-order valence-corrected chi connectivity index (χ4v) is 24.4. The van der Waals surface area contributed by atoms with Gasteiger partial charge in [-0.05, 0) is 124 Å². The van der Waals surface area contributed by atoms with Gasteiger partial charge in [-0.25, -0.2) is 50.9 Å². The van der Waals surface area contributed by atoms with Crippen LogP contribution in [0.5, 0.6) is 0 Å². The number of aromatic nitrogens is 18. The highest BCUT2D eigenvalue weighted by molar-refractivity contribution is 7.94. The van der Waals surface area contributed by atoms with Crippen molar-refractivity contribution in [2.45, 2.75) is 126 Å². The Morgan fingerprint density at radius 2 is 0.503 bits per heavy atom. The van der Waals surface area contributed by atoms with Gasteiger partial charge in [0.05, 0.1) is 235 Å². The molecule has 9 fully saturated rings. The van der Waals surface area contributed by atoms with E-state index in [2.05, 4.69) is 106 Å². The second-order valence-corrected chi connectivity index (χ2v) is 51.4. The molecular weight excluding hydrogens is 1970 g/mol. The molecule has 1 saturated carbocycles. The predicted octanol–water partition coefficient (Wildman–Crippen LogP) is 13.4. The molecule has 8 saturated heterocycles. The standard InChI is InChI=1S/3C21H26N6O3S.C21H26N6O2S.C17H22N4O2S/c3*1-14-11-29-9-8-26(14)20-10-19(25-31(3,28)16-12-30-13-16)23-21(24-20)27-15(2)22-17-6-4-5-7-18(17)27;1-14-13-29-11-10-26(14)20-12-19(25-30(3,28)16-8-9-16)23-21(24-20)27-15(2)22-17-6-4-5-7-18(17)27;1-13-12-23-10-9-21(13)16-11-15(20-24(2,3)22)18-17(19-16)14-7-5-4-6-8-14/h3*4-7,10,14,16H,8-9,11-13H2,1-3H3;4-7,12,14,16H,8-11,13H2,1-3H3;4-8,11,13H,9-10,12H2,1-3H3/t14-,31?;14-,31+;14-,31-;14-,30-;13-/m11111/s1. The summed E-state index contributed by atoms with van der Waals surface area (Å²) in [4.78, 5) is 77.1. The van der Waals surface area contributed by atoms with Gasteiger partial charge in [-0.15, -0.1) is 0 Å². The van der Waals surface area contributed by atoms with Crippen LogP contribution in [-0.2, 0) is 86.5 Å². The fraction of sp³-hybridized carbons (Fsp3) is 0.465. The molecule has 9 atom stereocenters. The number of imidazole rings is 4. The molecule has 9 aliphatic rings. The van der Waals surface area contributed by atoms with Gasteiger partial charge in [0.25, 0.3) is 0 Å². The number of nitrogens with zero attached hydrogens (tertiary/aromatic N) is 28. The van der Waals surface area contributed by atoms with E-state index in [1.54, 1.807) is 43.6 Å². The Kier molecular flexibility index (Phi) is 30.9. The second-order valence-electron chi connectivity index (χ2n) is 38.6. The number of hydrogen-bond acceptors (Lipinski definition) is 37. The Balaban J connectivity index is 0.000000116. The van der Waals surface area contributed by atoms with E-state index in [4.69, 9.17) is 82.8 Å². The van der Waals surface area contributed by atoms with Crippen molar-refractivity contribution in [2.75, 3.05) is 200 Å². The summed E-state index contributed by atoms with van der Waals surface area (Å²) >= 11 is 0. The van der Waals surface area contributed by atoms with Crippen molar-refractivity contribution in [1.29, 1.82) is 0 Å². The number of para-hydroxylation sites is 8. The number of benzene rings is 5. The molecule has 0 spiro atoms. The van der Waals surface area contributed by atoms with Gasteiger partial charge in [-0.2, -0.15) is 61.7 Å². The summed E-state index contributed by atoms with van der Waals surface area (Å²) in [5, 5.41) is -0.0649. The second kappa shape index (κ2) is 43.9. The molecule has 0 radical (unpaired) electrons. The number of fused-ring (bicyclic) bond motifs is 4. The normalized spacial score (nSPS) is 21.1. The van der Waals surface area contributed by atoms with Crippen LogP contribution in [-0.4, -0.2) is 336 Å². The summed E-state index contributed by atoms with van der Waals surface area (Å²) < 4.78 is 139. The van der Waals surface area contributed by atoms with E-state index < -0.39 is 48.6 Å². The maximum Gasteiger partial charge on any atom is 0.239 e. The largest absolute Gasteiger partial charge is 0.379 e. The minimum Gasteiger partial charge on any atom is -0.379 e. The highest BCUT2D eigenvalue weighted by atomic mass is 32.2. The molecule has 41 nitrogen and oxygen atoms in total. The third-order valence-corrected chi connectivity index (χ3v) is 35.8. The van der Waals surface area contributed by atoms with Crippen LogP contribution in [0, 0.1) is 27.7 Å².